The van der Waals surface area contributed by atoms with Gasteiger partial charge in [0, 0.05) is 12.8 Å². The number of hydrogen-bond acceptors (Lipinski definition) is 2. The molecule has 0 aliphatic rings. The summed E-state index contributed by atoms with van der Waals surface area (Å²) >= 11 is 0. The van der Waals surface area contributed by atoms with Crippen molar-refractivity contribution in [3.05, 3.63) is 0 Å². The molecule has 3 nitrogen and oxygen atoms in total. The monoisotopic (exact) mass is 114 g/mol. The largest absolute Gasteiger partial charge is 0.359 e. The minimum Gasteiger partial charge on any atom is -0.359 e. The van der Waals surface area contributed by atoms with Crippen LogP contribution in [0.3, 0.4) is 0 Å². The number of hydrogen-bond donors (Lipinski definition) is 2. The zero-order chi connectivity index (χ0) is 6.57. The van der Waals surface area contributed by atoms with Gasteiger partial charge in [-0.1, -0.05) is 0 Å². The van der Waals surface area contributed by atoms with Crippen molar-refractivity contribution in [1.29, 1.82) is 5.41 Å². The van der Waals surface area contributed by atoms with E-state index in [1.807, 2.05) is 0 Å². The lowest BCUT2D eigenvalue weighted by atomic mass is 10.3. The van der Waals surface area contributed by atoms with Crippen molar-refractivity contribution in [1.82, 2.24) is 5.32 Å². The highest BCUT2D eigenvalue weighted by Gasteiger charge is 1.95. The van der Waals surface area contributed by atoms with Gasteiger partial charge in [-0.25, -0.2) is 0 Å². The van der Waals surface area contributed by atoms with Crippen molar-refractivity contribution in [2.24, 2.45) is 0 Å². The molecule has 8 heavy (non-hydrogen) atoms. The lowest BCUT2D eigenvalue weighted by Crippen LogP contribution is -2.19. The molecule has 0 spiro atoms. The van der Waals surface area contributed by atoms with Gasteiger partial charge < -0.3 is 10.7 Å². The summed E-state index contributed by atoms with van der Waals surface area (Å²) < 4.78 is 0. The van der Waals surface area contributed by atoms with Crippen molar-refractivity contribution in [2.45, 2.75) is 13.3 Å². The van der Waals surface area contributed by atoms with Crippen molar-refractivity contribution in [3.8, 4) is 0 Å². The average Bonchev–Trinajstić information content (AvgIpc) is 1.65. The second kappa shape index (κ2) is 3.18. The minimum absolute atomic E-state index is 0.0995. The number of rotatable bonds is 2. The van der Waals surface area contributed by atoms with Crippen LogP contribution in [-0.2, 0) is 4.79 Å². The van der Waals surface area contributed by atoms with E-state index >= 15 is 0 Å². The molecule has 0 heterocycles. The van der Waals surface area contributed by atoms with Crippen LogP contribution in [0.2, 0.25) is 0 Å². The lowest BCUT2D eigenvalue weighted by molar-refractivity contribution is -0.119. The molecule has 0 aliphatic carbocycles. The zero-order valence-corrected chi connectivity index (χ0v) is 5.12. The predicted octanol–water partition coefficient (Wildman–Crippen LogP) is 0.162. The molecule has 0 saturated heterocycles. The van der Waals surface area contributed by atoms with Gasteiger partial charge in [0.1, 0.15) is 0 Å². The molecule has 0 atom stereocenters. The maximum absolute atomic E-state index is 10.4. The van der Waals surface area contributed by atoms with E-state index in [1.54, 1.807) is 14.0 Å². The molecule has 2 N–H and O–H groups in total. The average molecular weight is 114 g/mol. The summed E-state index contributed by atoms with van der Waals surface area (Å²) in [6.45, 7) is 1.61. The van der Waals surface area contributed by atoms with Crippen LogP contribution in [0.25, 0.3) is 0 Å². The lowest BCUT2D eigenvalue weighted by Gasteiger charge is -1.93. The summed E-state index contributed by atoms with van der Waals surface area (Å²) in [5, 5.41) is 9.28. The standard InChI is InChI=1S/C5H10N2O/c1-4(6)3-5(8)7-2/h6H,3H2,1-2H3,(H,7,8). The molecule has 0 saturated carbocycles. The normalized spacial score (nSPS) is 8.25. The van der Waals surface area contributed by atoms with Crippen LogP contribution in [-0.4, -0.2) is 18.7 Å². The van der Waals surface area contributed by atoms with Gasteiger partial charge in [-0.3, -0.25) is 4.79 Å². The highest BCUT2D eigenvalue weighted by atomic mass is 16.1. The molecule has 0 bridgehead atoms. The number of nitrogens with one attached hydrogen (secondary N) is 2. The molecule has 0 aromatic carbocycles. The molecular weight excluding hydrogens is 104 g/mol. The maximum atomic E-state index is 10.4. The first-order valence-corrected chi connectivity index (χ1v) is 2.41. The second-order valence-electron chi connectivity index (χ2n) is 1.63. The Morgan fingerprint density at radius 2 is 2.25 bits per heavy atom. The van der Waals surface area contributed by atoms with E-state index in [1.165, 1.54) is 0 Å². The second-order valence-corrected chi connectivity index (χ2v) is 1.63. The molecule has 0 aromatic heterocycles. The van der Waals surface area contributed by atoms with E-state index in [-0.39, 0.29) is 12.3 Å². The van der Waals surface area contributed by atoms with Crippen LogP contribution in [0.15, 0.2) is 0 Å². The van der Waals surface area contributed by atoms with Gasteiger partial charge in [-0.15, -0.1) is 0 Å². The number of amides is 1. The predicted molar refractivity (Wildman–Crippen MR) is 32.1 cm³/mol. The van der Waals surface area contributed by atoms with Gasteiger partial charge >= 0.3 is 0 Å². The molecular formula is C5H10N2O. The number of carbonyl (C=O) groups is 1. The first-order valence-electron chi connectivity index (χ1n) is 2.41. The minimum atomic E-state index is -0.0995. The van der Waals surface area contributed by atoms with E-state index < -0.39 is 0 Å². The van der Waals surface area contributed by atoms with Crippen LogP contribution in [0.4, 0.5) is 0 Å². The highest BCUT2D eigenvalue weighted by molar-refractivity contribution is 5.97. The summed E-state index contributed by atoms with van der Waals surface area (Å²) in [4.78, 5) is 10.4. The summed E-state index contributed by atoms with van der Waals surface area (Å²) in [6, 6.07) is 0. The molecule has 0 aromatic rings. The van der Waals surface area contributed by atoms with Crippen molar-refractivity contribution < 1.29 is 4.79 Å². The fourth-order valence-corrected chi connectivity index (χ4v) is 0.329. The summed E-state index contributed by atoms with van der Waals surface area (Å²) in [5.74, 6) is -0.0995. The Balaban J connectivity index is 3.40. The van der Waals surface area contributed by atoms with E-state index in [0.717, 1.165) is 0 Å². The summed E-state index contributed by atoms with van der Waals surface area (Å²) in [5.41, 5.74) is 0.393. The summed E-state index contributed by atoms with van der Waals surface area (Å²) in [7, 11) is 1.56. The summed E-state index contributed by atoms with van der Waals surface area (Å²) in [6.07, 6.45) is 0.219. The SMILES string of the molecule is CNC(=O)CC(C)=N. The quantitative estimate of drug-likeness (QED) is 0.494. The molecule has 0 radical (unpaired) electrons. The van der Waals surface area contributed by atoms with Gasteiger partial charge in [0.05, 0.1) is 6.42 Å². The van der Waals surface area contributed by atoms with Gasteiger partial charge in [0.25, 0.3) is 0 Å². The van der Waals surface area contributed by atoms with E-state index in [9.17, 15) is 4.79 Å². The Morgan fingerprint density at radius 3 is 2.38 bits per heavy atom. The fraction of sp³-hybridized carbons (Fsp3) is 0.600. The van der Waals surface area contributed by atoms with E-state index in [4.69, 9.17) is 5.41 Å². The van der Waals surface area contributed by atoms with Gasteiger partial charge in [-0.2, -0.15) is 0 Å². The van der Waals surface area contributed by atoms with Crippen LogP contribution < -0.4 is 5.32 Å². The first kappa shape index (κ1) is 7.14. The van der Waals surface area contributed by atoms with E-state index in [2.05, 4.69) is 5.32 Å². The van der Waals surface area contributed by atoms with Crippen LogP contribution >= 0.6 is 0 Å². The molecule has 0 rings (SSSR count). The molecule has 3 heteroatoms. The van der Waals surface area contributed by atoms with Crippen molar-refractivity contribution in [2.75, 3.05) is 7.05 Å². The van der Waals surface area contributed by atoms with E-state index in [0.29, 0.717) is 5.71 Å². The Bertz CT molecular complexity index is 109. The Hall–Kier alpha value is -0.860. The molecule has 0 aliphatic heterocycles. The Morgan fingerprint density at radius 1 is 1.75 bits per heavy atom. The first-order chi connectivity index (χ1) is 3.66. The van der Waals surface area contributed by atoms with Crippen LogP contribution in [0.5, 0.6) is 0 Å². The van der Waals surface area contributed by atoms with Crippen molar-refractivity contribution in [3.63, 3.8) is 0 Å². The molecule has 1 amide bonds. The Labute approximate surface area is 48.6 Å². The third kappa shape index (κ3) is 3.33. The Kier molecular flexibility index (Phi) is 2.84. The molecule has 0 unspecified atom stereocenters. The maximum Gasteiger partial charge on any atom is 0.225 e. The molecule has 46 valence electrons. The number of carbonyl (C=O) groups excluding carboxylic acids is 1. The third-order valence-electron chi connectivity index (χ3n) is 0.705. The molecule has 0 fully saturated rings. The highest BCUT2D eigenvalue weighted by Crippen LogP contribution is 1.78. The third-order valence-corrected chi connectivity index (χ3v) is 0.705. The fourth-order valence-electron chi connectivity index (χ4n) is 0.329. The topological polar surface area (TPSA) is 53.0 Å². The van der Waals surface area contributed by atoms with Crippen LogP contribution in [0.1, 0.15) is 13.3 Å². The smallest absolute Gasteiger partial charge is 0.225 e. The van der Waals surface area contributed by atoms with Gasteiger partial charge in [0.15, 0.2) is 0 Å². The van der Waals surface area contributed by atoms with Crippen molar-refractivity contribution >= 4 is 11.6 Å². The van der Waals surface area contributed by atoms with Gasteiger partial charge in [0.2, 0.25) is 5.91 Å². The zero-order valence-electron chi connectivity index (χ0n) is 5.12. The van der Waals surface area contributed by atoms with Gasteiger partial charge in [-0.05, 0) is 6.92 Å². The van der Waals surface area contributed by atoms with Crippen LogP contribution in [0, 0.1) is 5.41 Å².